The molecule has 0 bridgehead atoms. The SMILES string of the molecule is CC(CC(O)(P(=O)(O)O)P(=O)(O)O)NCCC=N. The summed E-state index contributed by atoms with van der Waals surface area (Å²) in [6.07, 6.45) is 0.659. The summed E-state index contributed by atoms with van der Waals surface area (Å²) in [5, 5.41) is 15.7. The standard InChI is InChI=1S/C7H18N2O7P2/c1-6(9-4-2-3-8)5-7(10,17(11,12)13)18(14,15)16/h3,6,8-10H,2,4-5H2,1H3,(H2,11,12,13)(H2,14,15,16). The largest absolute Gasteiger partial charge is 0.369 e. The molecule has 0 amide bonds. The van der Waals surface area contributed by atoms with E-state index in [1.165, 1.54) is 6.92 Å². The summed E-state index contributed by atoms with van der Waals surface area (Å²) in [5.74, 6) is 0. The highest BCUT2D eigenvalue weighted by molar-refractivity contribution is 7.72. The van der Waals surface area contributed by atoms with Crippen molar-refractivity contribution in [2.75, 3.05) is 6.54 Å². The van der Waals surface area contributed by atoms with Gasteiger partial charge >= 0.3 is 15.2 Å². The Hall–Kier alpha value is -0.110. The summed E-state index contributed by atoms with van der Waals surface area (Å²) in [6, 6.07) is -0.741. The molecule has 11 heteroatoms. The van der Waals surface area contributed by atoms with Crippen molar-refractivity contribution in [3.63, 3.8) is 0 Å². The minimum absolute atomic E-state index is 0.295. The molecule has 9 nitrogen and oxygen atoms in total. The van der Waals surface area contributed by atoms with Crippen LogP contribution >= 0.6 is 15.2 Å². The first-order valence-corrected chi connectivity index (χ1v) is 8.24. The average Bonchev–Trinajstić information content (AvgIpc) is 2.14. The maximum Gasteiger partial charge on any atom is 0.369 e. The zero-order chi connectivity index (χ0) is 14.6. The van der Waals surface area contributed by atoms with Gasteiger partial charge < -0.3 is 35.4 Å². The zero-order valence-corrected chi connectivity index (χ0v) is 11.5. The van der Waals surface area contributed by atoms with Gasteiger partial charge in [-0.2, -0.15) is 0 Å². The number of hydrogen-bond donors (Lipinski definition) is 7. The first-order valence-electron chi connectivity index (χ1n) is 5.01. The first-order chi connectivity index (χ1) is 7.95. The Morgan fingerprint density at radius 2 is 1.72 bits per heavy atom. The van der Waals surface area contributed by atoms with Gasteiger partial charge in [-0.05, 0) is 19.6 Å². The van der Waals surface area contributed by atoms with E-state index in [0.717, 1.165) is 6.21 Å². The second kappa shape index (κ2) is 6.36. The van der Waals surface area contributed by atoms with Crippen molar-refractivity contribution in [2.24, 2.45) is 0 Å². The van der Waals surface area contributed by atoms with Crippen molar-refractivity contribution in [1.82, 2.24) is 5.32 Å². The molecule has 0 aromatic rings. The minimum Gasteiger partial charge on any atom is -0.367 e. The molecule has 0 aliphatic rings. The van der Waals surface area contributed by atoms with Gasteiger partial charge in [-0.25, -0.2) is 0 Å². The summed E-state index contributed by atoms with van der Waals surface area (Å²) in [6.45, 7) is 1.71. The molecular weight excluding hydrogens is 286 g/mol. The molecule has 1 unspecified atom stereocenters. The third-order valence-corrected chi connectivity index (χ3v) is 6.09. The van der Waals surface area contributed by atoms with Crippen LogP contribution in [0.1, 0.15) is 19.8 Å². The molecule has 0 saturated carbocycles. The highest BCUT2D eigenvalue weighted by Crippen LogP contribution is 2.69. The quantitative estimate of drug-likeness (QED) is 0.177. The van der Waals surface area contributed by atoms with E-state index in [2.05, 4.69) is 5.32 Å². The third-order valence-electron chi connectivity index (χ3n) is 2.29. The van der Waals surface area contributed by atoms with E-state index in [1.807, 2.05) is 0 Å². The van der Waals surface area contributed by atoms with Crippen LogP contribution in [0.5, 0.6) is 0 Å². The van der Waals surface area contributed by atoms with Crippen molar-refractivity contribution >= 4 is 21.4 Å². The highest BCUT2D eigenvalue weighted by Gasteiger charge is 2.59. The van der Waals surface area contributed by atoms with Gasteiger partial charge in [-0.3, -0.25) is 9.13 Å². The predicted molar refractivity (Wildman–Crippen MR) is 64.5 cm³/mol. The van der Waals surface area contributed by atoms with Crippen LogP contribution in [0.3, 0.4) is 0 Å². The lowest BCUT2D eigenvalue weighted by molar-refractivity contribution is 0.114. The second-order valence-corrected chi connectivity index (χ2v) is 7.92. The number of aliphatic hydroxyl groups is 1. The predicted octanol–water partition coefficient (Wildman–Crippen LogP) is -0.604. The van der Waals surface area contributed by atoms with E-state index < -0.39 is 32.7 Å². The molecule has 0 radical (unpaired) electrons. The molecule has 0 rings (SSSR count). The Bertz CT molecular complexity index is 354. The van der Waals surface area contributed by atoms with Crippen LogP contribution < -0.4 is 5.32 Å². The van der Waals surface area contributed by atoms with Crippen LogP contribution in [0.4, 0.5) is 0 Å². The second-order valence-electron chi connectivity index (χ2n) is 3.91. The van der Waals surface area contributed by atoms with Gasteiger partial charge in [-0.15, -0.1) is 0 Å². The van der Waals surface area contributed by atoms with Crippen molar-refractivity contribution in [2.45, 2.75) is 30.9 Å². The van der Waals surface area contributed by atoms with E-state index in [0.29, 0.717) is 13.0 Å². The topological polar surface area (TPSA) is 171 Å². The van der Waals surface area contributed by atoms with E-state index in [1.54, 1.807) is 0 Å². The van der Waals surface area contributed by atoms with Crippen LogP contribution in [0.15, 0.2) is 0 Å². The summed E-state index contributed by atoms with van der Waals surface area (Å²) < 4.78 is 22.1. The average molecular weight is 304 g/mol. The summed E-state index contributed by atoms with van der Waals surface area (Å²) in [7, 11) is -10.8. The smallest absolute Gasteiger partial charge is 0.367 e. The molecule has 7 N–H and O–H groups in total. The molecule has 108 valence electrons. The van der Waals surface area contributed by atoms with Gasteiger partial charge in [0.05, 0.1) is 0 Å². The lowest BCUT2D eigenvalue weighted by Gasteiger charge is -2.31. The maximum atomic E-state index is 11.1. The molecule has 0 fully saturated rings. The Kier molecular flexibility index (Phi) is 6.32. The van der Waals surface area contributed by atoms with E-state index in [-0.39, 0.29) is 0 Å². The van der Waals surface area contributed by atoms with E-state index in [4.69, 9.17) is 25.0 Å². The Morgan fingerprint density at radius 3 is 2.06 bits per heavy atom. The van der Waals surface area contributed by atoms with Crippen molar-refractivity contribution in [1.29, 1.82) is 5.41 Å². The summed E-state index contributed by atoms with van der Waals surface area (Å²) in [5.41, 5.74) is 0. The molecule has 0 spiro atoms. The maximum absolute atomic E-state index is 11.1. The first kappa shape index (κ1) is 17.9. The summed E-state index contributed by atoms with van der Waals surface area (Å²) in [4.78, 5) is 35.6. The van der Waals surface area contributed by atoms with Gasteiger partial charge in [0.25, 0.3) is 5.08 Å². The van der Waals surface area contributed by atoms with Crippen molar-refractivity contribution < 1.29 is 33.8 Å². The summed E-state index contributed by atoms with van der Waals surface area (Å²) >= 11 is 0. The van der Waals surface area contributed by atoms with E-state index in [9.17, 15) is 14.2 Å². The van der Waals surface area contributed by atoms with Gasteiger partial charge in [-0.1, -0.05) is 0 Å². The molecule has 0 saturated heterocycles. The zero-order valence-electron chi connectivity index (χ0n) is 9.72. The van der Waals surface area contributed by atoms with Crippen molar-refractivity contribution in [3.05, 3.63) is 0 Å². The fourth-order valence-electron chi connectivity index (χ4n) is 1.29. The number of rotatable bonds is 8. The van der Waals surface area contributed by atoms with Gasteiger partial charge in [0, 0.05) is 19.0 Å². The van der Waals surface area contributed by atoms with Crippen LogP contribution in [0.25, 0.3) is 0 Å². The van der Waals surface area contributed by atoms with Crippen LogP contribution in [-0.4, -0.2) is 48.6 Å². The molecule has 0 aliphatic heterocycles. The molecule has 1 atom stereocenters. The molecule has 0 aromatic carbocycles. The van der Waals surface area contributed by atoms with Crippen LogP contribution in [0.2, 0.25) is 0 Å². The molecule has 18 heavy (non-hydrogen) atoms. The molecular formula is C7H18N2O7P2. The Balaban J connectivity index is 4.89. The van der Waals surface area contributed by atoms with Crippen LogP contribution in [-0.2, 0) is 9.13 Å². The third kappa shape index (κ3) is 4.53. The Labute approximate surface area is 104 Å². The van der Waals surface area contributed by atoms with Crippen LogP contribution in [0, 0.1) is 5.41 Å². The normalized spacial score (nSPS) is 15.4. The molecule has 0 heterocycles. The van der Waals surface area contributed by atoms with Gasteiger partial charge in [0.15, 0.2) is 0 Å². The van der Waals surface area contributed by atoms with Gasteiger partial charge in [0.2, 0.25) is 0 Å². The monoisotopic (exact) mass is 304 g/mol. The number of nitrogens with one attached hydrogen (secondary N) is 2. The fourth-order valence-corrected chi connectivity index (χ4v) is 3.67. The lowest BCUT2D eigenvalue weighted by Crippen LogP contribution is -2.38. The fraction of sp³-hybridized carbons (Fsp3) is 0.857. The highest BCUT2D eigenvalue weighted by atomic mass is 31.2. The van der Waals surface area contributed by atoms with Gasteiger partial charge in [0.1, 0.15) is 0 Å². The van der Waals surface area contributed by atoms with E-state index >= 15 is 0 Å². The molecule has 0 aromatic heterocycles. The lowest BCUT2D eigenvalue weighted by atomic mass is 10.2. The minimum atomic E-state index is -5.39. The molecule has 0 aliphatic carbocycles. The van der Waals surface area contributed by atoms with Crippen molar-refractivity contribution in [3.8, 4) is 0 Å². The Morgan fingerprint density at radius 1 is 1.28 bits per heavy atom. The number of hydrogen-bond acceptors (Lipinski definition) is 5.